The van der Waals surface area contributed by atoms with Crippen molar-refractivity contribution < 1.29 is 10.2 Å². The van der Waals surface area contributed by atoms with Crippen molar-refractivity contribution in [3.05, 3.63) is 12.2 Å². The van der Waals surface area contributed by atoms with Crippen LogP contribution in [-0.4, -0.2) is 21.9 Å². The van der Waals surface area contributed by atoms with Crippen LogP contribution < -0.4 is 0 Å². The molecule has 0 aromatic rings. The first kappa shape index (κ1) is 10.7. The van der Waals surface area contributed by atoms with E-state index in [4.69, 9.17) is 0 Å². The SMILES string of the molecule is C=C1C[C@@H](CC)[C@](O)(CC)[C@H](O)C1. The Labute approximate surface area is 80.3 Å². The second kappa shape index (κ2) is 3.81. The van der Waals surface area contributed by atoms with Crippen LogP contribution >= 0.6 is 0 Å². The zero-order chi connectivity index (χ0) is 10.1. The van der Waals surface area contributed by atoms with Crippen molar-refractivity contribution in [1.82, 2.24) is 0 Å². The standard InChI is InChI=1S/C11H20O2/c1-4-9-6-8(3)7-10(12)11(9,13)5-2/h9-10,12-13H,3-7H2,1-2H3/t9-,10-,11-/m1/s1. The van der Waals surface area contributed by atoms with E-state index in [2.05, 4.69) is 13.5 Å². The number of hydrogen-bond donors (Lipinski definition) is 2. The molecule has 13 heavy (non-hydrogen) atoms. The zero-order valence-corrected chi connectivity index (χ0v) is 8.58. The Bertz CT molecular complexity index is 200. The molecule has 2 heteroatoms. The lowest BCUT2D eigenvalue weighted by Crippen LogP contribution is -2.51. The van der Waals surface area contributed by atoms with Crippen molar-refractivity contribution in [3.63, 3.8) is 0 Å². The summed E-state index contributed by atoms with van der Waals surface area (Å²) in [5.41, 5.74) is 0.188. The van der Waals surface area contributed by atoms with Gasteiger partial charge < -0.3 is 10.2 Å². The molecular formula is C11H20O2. The van der Waals surface area contributed by atoms with E-state index >= 15 is 0 Å². The predicted octanol–water partition coefficient (Wildman–Crippen LogP) is 1.86. The summed E-state index contributed by atoms with van der Waals surface area (Å²) in [5.74, 6) is 0.175. The Morgan fingerprint density at radius 1 is 1.46 bits per heavy atom. The summed E-state index contributed by atoms with van der Waals surface area (Å²) >= 11 is 0. The van der Waals surface area contributed by atoms with E-state index in [1.165, 1.54) is 0 Å². The third kappa shape index (κ3) is 1.79. The van der Waals surface area contributed by atoms with E-state index in [1.807, 2.05) is 6.92 Å². The summed E-state index contributed by atoms with van der Waals surface area (Å²) in [4.78, 5) is 0. The minimum atomic E-state index is -0.879. The Kier molecular flexibility index (Phi) is 3.14. The Morgan fingerprint density at radius 2 is 2.08 bits per heavy atom. The van der Waals surface area contributed by atoms with Crippen molar-refractivity contribution in [2.24, 2.45) is 5.92 Å². The van der Waals surface area contributed by atoms with Gasteiger partial charge in [0, 0.05) is 0 Å². The van der Waals surface area contributed by atoms with Gasteiger partial charge >= 0.3 is 0 Å². The van der Waals surface area contributed by atoms with Gasteiger partial charge in [-0.05, 0) is 25.2 Å². The molecule has 0 aliphatic heterocycles. The van der Waals surface area contributed by atoms with Gasteiger partial charge in [0.15, 0.2) is 0 Å². The van der Waals surface area contributed by atoms with E-state index in [0.717, 1.165) is 18.4 Å². The van der Waals surface area contributed by atoms with Gasteiger partial charge in [0.1, 0.15) is 0 Å². The molecule has 0 bridgehead atoms. The lowest BCUT2D eigenvalue weighted by molar-refractivity contribution is -0.128. The van der Waals surface area contributed by atoms with Crippen molar-refractivity contribution in [3.8, 4) is 0 Å². The maximum atomic E-state index is 10.2. The summed E-state index contributed by atoms with van der Waals surface area (Å²) in [6.07, 6.45) is 2.32. The average molecular weight is 184 g/mol. The van der Waals surface area contributed by atoms with Crippen molar-refractivity contribution in [2.75, 3.05) is 0 Å². The maximum Gasteiger partial charge on any atom is 0.0936 e. The fourth-order valence-corrected chi connectivity index (χ4v) is 2.35. The predicted molar refractivity (Wildman–Crippen MR) is 53.4 cm³/mol. The fourth-order valence-electron chi connectivity index (χ4n) is 2.35. The van der Waals surface area contributed by atoms with Gasteiger partial charge in [-0.15, -0.1) is 0 Å². The van der Waals surface area contributed by atoms with Crippen LogP contribution in [-0.2, 0) is 0 Å². The first-order valence-corrected chi connectivity index (χ1v) is 5.11. The molecule has 0 unspecified atom stereocenters. The van der Waals surface area contributed by atoms with Crippen LogP contribution in [0.3, 0.4) is 0 Å². The molecule has 0 amide bonds. The minimum Gasteiger partial charge on any atom is -0.390 e. The average Bonchev–Trinajstić information content (AvgIpc) is 2.11. The zero-order valence-electron chi connectivity index (χ0n) is 8.58. The Hall–Kier alpha value is -0.340. The third-order valence-electron chi connectivity index (χ3n) is 3.36. The molecule has 3 atom stereocenters. The largest absolute Gasteiger partial charge is 0.390 e. The molecule has 1 saturated carbocycles. The van der Waals surface area contributed by atoms with E-state index in [1.54, 1.807) is 0 Å². The molecule has 1 aliphatic carbocycles. The highest BCUT2D eigenvalue weighted by molar-refractivity contribution is 5.10. The van der Waals surface area contributed by atoms with Crippen LogP contribution in [0.25, 0.3) is 0 Å². The second-order valence-corrected chi connectivity index (χ2v) is 4.12. The highest BCUT2D eigenvalue weighted by Gasteiger charge is 2.44. The van der Waals surface area contributed by atoms with E-state index in [-0.39, 0.29) is 5.92 Å². The summed E-state index contributed by atoms with van der Waals surface area (Å²) in [6.45, 7) is 7.87. The molecule has 76 valence electrons. The molecule has 0 aromatic heterocycles. The van der Waals surface area contributed by atoms with Crippen molar-refractivity contribution in [1.29, 1.82) is 0 Å². The highest BCUT2D eigenvalue weighted by atomic mass is 16.3. The molecule has 0 radical (unpaired) electrons. The van der Waals surface area contributed by atoms with Gasteiger partial charge in [-0.3, -0.25) is 0 Å². The lowest BCUT2D eigenvalue weighted by Gasteiger charge is -2.43. The topological polar surface area (TPSA) is 40.5 Å². The van der Waals surface area contributed by atoms with Gasteiger partial charge in [0.25, 0.3) is 0 Å². The van der Waals surface area contributed by atoms with E-state index < -0.39 is 11.7 Å². The molecule has 2 nitrogen and oxygen atoms in total. The normalized spacial score (nSPS) is 40.8. The molecule has 0 heterocycles. The quantitative estimate of drug-likeness (QED) is 0.643. The van der Waals surface area contributed by atoms with Crippen LogP contribution in [0, 0.1) is 5.92 Å². The van der Waals surface area contributed by atoms with Crippen LogP contribution in [0.5, 0.6) is 0 Å². The monoisotopic (exact) mass is 184 g/mol. The van der Waals surface area contributed by atoms with Crippen LogP contribution in [0.15, 0.2) is 12.2 Å². The Morgan fingerprint density at radius 3 is 2.54 bits per heavy atom. The molecule has 0 aromatic carbocycles. The van der Waals surface area contributed by atoms with Crippen LogP contribution in [0.1, 0.15) is 39.5 Å². The van der Waals surface area contributed by atoms with E-state index in [9.17, 15) is 10.2 Å². The summed E-state index contributed by atoms with van der Waals surface area (Å²) < 4.78 is 0. The molecule has 0 spiro atoms. The van der Waals surface area contributed by atoms with Gasteiger partial charge in [-0.2, -0.15) is 0 Å². The Balaban J connectivity index is 2.83. The van der Waals surface area contributed by atoms with Gasteiger partial charge in [0.05, 0.1) is 11.7 Å². The molecule has 1 fully saturated rings. The summed E-state index contributed by atoms with van der Waals surface area (Å²) in [6, 6.07) is 0. The molecule has 1 aliphatic rings. The smallest absolute Gasteiger partial charge is 0.0936 e. The number of rotatable bonds is 2. The van der Waals surface area contributed by atoms with Gasteiger partial charge in [-0.1, -0.05) is 32.4 Å². The van der Waals surface area contributed by atoms with Crippen molar-refractivity contribution >= 4 is 0 Å². The summed E-state index contributed by atoms with van der Waals surface area (Å²) in [7, 11) is 0. The number of hydrogen-bond acceptors (Lipinski definition) is 2. The van der Waals surface area contributed by atoms with Gasteiger partial charge in [0.2, 0.25) is 0 Å². The van der Waals surface area contributed by atoms with Crippen LogP contribution in [0.2, 0.25) is 0 Å². The van der Waals surface area contributed by atoms with Crippen LogP contribution in [0.4, 0.5) is 0 Å². The minimum absolute atomic E-state index is 0.175. The number of aliphatic hydroxyl groups is 2. The maximum absolute atomic E-state index is 10.2. The fraction of sp³-hybridized carbons (Fsp3) is 0.818. The molecular weight excluding hydrogens is 164 g/mol. The lowest BCUT2D eigenvalue weighted by atomic mass is 9.69. The van der Waals surface area contributed by atoms with Gasteiger partial charge in [-0.25, -0.2) is 0 Å². The molecule has 0 saturated heterocycles. The first-order valence-electron chi connectivity index (χ1n) is 5.11. The molecule has 2 N–H and O–H groups in total. The van der Waals surface area contributed by atoms with E-state index in [0.29, 0.717) is 12.8 Å². The summed E-state index contributed by atoms with van der Waals surface area (Å²) in [5, 5.41) is 20.0. The first-order chi connectivity index (χ1) is 6.04. The second-order valence-electron chi connectivity index (χ2n) is 4.12. The number of aliphatic hydroxyl groups excluding tert-OH is 1. The highest BCUT2D eigenvalue weighted by Crippen LogP contribution is 2.40. The third-order valence-corrected chi connectivity index (χ3v) is 3.36. The van der Waals surface area contributed by atoms with Crippen molar-refractivity contribution in [2.45, 2.75) is 51.2 Å². The molecule has 1 rings (SSSR count).